The Morgan fingerprint density at radius 1 is 1.71 bits per heavy atom. The smallest absolute Gasteiger partial charge is 0.323 e. The minimum atomic E-state index is -0.883. The van der Waals surface area contributed by atoms with Crippen LogP contribution < -0.4 is 5.32 Å². The zero-order valence-corrected chi connectivity index (χ0v) is 11.1. The van der Waals surface area contributed by atoms with Crippen LogP contribution in [0, 0.1) is 6.92 Å². The van der Waals surface area contributed by atoms with Crippen molar-refractivity contribution < 1.29 is 9.90 Å². The molecule has 1 aromatic rings. The Kier molecular flexibility index (Phi) is 4.54. The summed E-state index contributed by atoms with van der Waals surface area (Å²) in [7, 11) is 1.66. The first kappa shape index (κ1) is 14.0. The summed E-state index contributed by atoms with van der Waals surface area (Å²) in [5.41, 5.74) is -0.0901. The van der Waals surface area contributed by atoms with Gasteiger partial charge in [0.1, 0.15) is 5.54 Å². The number of carbonyl (C=O) groups is 1. The molecule has 1 heterocycles. The maximum absolute atomic E-state index is 11.0. The standard InChI is InChI=1S/C11H18ClN3O2/c1-8-9(12)7-15(14-8)6-4-5-11(2,13-3)10(16)17/h7,13H,4-6H2,1-3H3,(H,16,17). The number of nitrogens with zero attached hydrogens (tertiary/aromatic N) is 2. The fraction of sp³-hybridized carbons (Fsp3) is 0.636. The Morgan fingerprint density at radius 3 is 2.76 bits per heavy atom. The zero-order valence-electron chi connectivity index (χ0n) is 10.3. The van der Waals surface area contributed by atoms with Crippen molar-refractivity contribution in [1.82, 2.24) is 15.1 Å². The second-order valence-corrected chi connectivity index (χ2v) is 4.72. The summed E-state index contributed by atoms with van der Waals surface area (Å²) in [6.45, 7) is 4.18. The highest BCUT2D eigenvalue weighted by Crippen LogP contribution is 2.15. The molecular formula is C11H18ClN3O2. The molecule has 0 saturated carbocycles. The Balaban J connectivity index is 2.49. The summed E-state index contributed by atoms with van der Waals surface area (Å²) >= 11 is 5.89. The highest BCUT2D eigenvalue weighted by molar-refractivity contribution is 6.31. The predicted octanol–water partition coefficient (Wildman–Crippen LogP) is 1.69. The maximum Gasteiger partial charge on any atom is 0.323 e. The molecule has 0 radical (unpaired) electrons. The molecule has 17 heavy (non-hydrogen) atoms. The second-order valence-electron chi connectivity index (χ2n) is 4.32. The van der Waals surface area contributed by atoms with Gasteiger partial charge < -0.3 is 10.4 Å². The van der Waals surface area contributed by atoms with Gasteiger partial charge in [-0.1, -0.05) is 11.6 Å². The van der Waals surface area contributed by atoms with Gasteiger partial charge in [0.15, 0.2) is 0 Å². The minimum Gasteiger partial charge on any atom is -0.480 e. The Bertz CT molecular complexity index is 386. The van der Waals surface area contributed by atoms with Gasteiger partial charge in [-0.2, -0.15) is 5.10 Å². The number of rotatable bonds is 6. The first-order valence-corrected chi connectivity index (χ1v) is 5.88. The average molecular weight is 260 g/mol. The number of carboxylic acids is 1. The SMILES string of the molecule is CNC(C)(CCCn1cc(Cl)c(C)n1)C(=O)O. The van der Waals surface area contributed by atoms with Crippen LogP contribution >= 0.6 is 11.6 Å². The summed E-state index contributed by atoms with van der Waals surface area (Å²) in [6, 6.07) is 0. The van der Waals surface area contributed by atoms with Crippen molar-refractivity contribution in [3.05, 3.63) is 16.9 Å². The van der Waals surface area contributed by atoms with Crippen LogP contribution in [0.5, 0.6) is 0 Å². The van der Waals surface area contributed by atoms with Gasteiger partial charge in [-0.3, -0.25) is 9.48 Å². The van der Waals surface area contributed by atoms with E-state index in [1.807, 2.05) is 6.92 Å². The number of halogens is 1. The van der Waals surface area contributed by atoms with E-state index in [2.05, 4.69) is 10.4 Å². The first-order valence-electron chi connectivity index (χ1n) is 5.51. The highest BCUT2D eigenvalue weighted by Gasteiger charge is 2.30. The van der Waals surface area contributed by atoms with E-state index in [9.17, 15) is 4.79 Å². The molecule has 0 aliphatic heterocycles. The van der Waals surface area contributed by atoms with Gasteiger partial charge in [0.2, 0.25) is 0 Å². The summed E-state index contributed by atoms with van der Waals surface area (Å²) in [5.74, 6) is -0.838. The average Bonchev–Trinajstić information content (AvgIpc) is 2.57. The summed E-state index contributed by atoms with van der Waals surface area (Å²) < 4.78 is 1.75. The molecule has 0 aliphatic rings. The van der Waals surface area contributed by atoms with E-state index in [0.29, 0.717) is 18.0 Å². The molecular weight excluding hydrogens is 242 g/mol. The number of carboxylic acid groups (broad SMARTS) is 1. The molecule has 0 amide bonds. The first-order chi connectivity index (χ1) is 7.89. The summed E-state index contributed by atoms with van der Waals surface area (Å²) in [5, 5.41) is 16.8. The Hall–Kier alpha value is -1.07. The van der Waals surface area contributed by atoms with Crippen molar-refractivity contribution >= 4 is 17.6 Å². The summed E-state index contributed by atoms with van der Waals surface area (Å²) in [6.07, 6.45) is 3.02. The fourth-order valence-corrected chi connectivity index (χ4v) is 1.69. The molecule has 0 saturated heterocycles. The van der Waals surface area contributed by atoms with Crippen LogP contribution in [0.15, 0.2) is 6.20 Å². The molecule has 5 nitrogen and oxygen atoms in total. The number of likely N-dealkylation sites (N-methyl/N-ethyl adjacent to an activating group) is 1. The molecule has 1 unspecified atom stereocenters. The molecule has 0 aromatic carbocycles. The van der Waals surface area contributed by atoms with Crippen LogP contribution in [-0.4, -0.2) is 33.4 Å². The van der Waals surface area contributed by atoms with Gasteiger partial charge in [-0.25, -0.2) is 0 Å². The van der Waals surface area contributed by atoms with Crippen molar-refractivity contribution in [3.8, 4) is 0 Å². The van der Waals surface area contributed by atoms with E-state index in [1.165, 1.54) is 0 Å². The molecule has 0 bridgehead atoms. The lowest BCUT2D eigenvalue weighted by molar-refractivity contribution is -0.144. The van der Waals surface area contributed by atoms with Gasteiger partial charge in [0.25, 0.3) is 0 Å². The third kappa shape index (κ3) is 3.44. The number of hydrogen-bond acceptors (Lipinski definition) is 3. The minimum absolute atomic E-state index is 0.537. The van der Waals surface area contributed by atoms with Crippen LogP contribution in [0.4, 0.5) is 0 Å². The number of aromatic nitrogens is 2. The number of aliphatic carboxylic acids is 1. The molecule has 1 atom stereocenters. The van der Waals surface area contributed by atoms with Crippen LogP contribution in [0.25, 0.3) is 0 Å². The van der Waals surface area contributed by atoms with Crippen LogP contribution in [-0.2, 0) is 11.3 Å². The number of nitrogens with one attached hydrogen (secondary N) is 1. The van der Waals surface area contributed by atoms with Gasteiger partial charge in [0.05, 0.1) is 10.7 Å². The lowest BCUT2D eigenvalue weighted by Crippen LogP contribution is -2.47. The van der Waals surface area contributed by atoms with Crippen LogP contribution in [0.2, 0.25) is 5.02 Å². The van der Waals surface area contributed by atoms with Crippen molar-refractivity contribution in [1.29, 1.82) is 0 Å². The van der Waals surface area contributed by atoms with Gasteiger partial charge in [-0.15, -0.1) is 0 Å². The van der Waals surface area contributed by atoms with E-state index in [4.69, 9.17) is 16.7 Å². The van der Waals surface area contributed by atoms with Crippen molar-refractivity contribution in [2.45, 2.75) is 38.8 Å². The van der Waals surface area contributed by atoms with E-state index < -0.39 is 11.5 Å². The van der Waals surface area contributed by atoms with Gasteiger partial charge in [-0.05, 0) is 33.7 Å². The van der Waals surface area contributed by atoms with E-state index >= 15 is 0 Å². The molecule has 0 fully saturated rings. The van der Waals surface area contributed by atoms with Crippen molar-refractivity contribution in [2.75, 3.05) is 7.05 Å². The van der Waals surface area contributed by atoms with E-state index in [1.54, 1.807) is 24.9 Å². The molecule has 0 aliphatic carbocycles. The predicted molar refractivity (Wildman–Crippen MR) is 66.3 cm³/mol. The molecule has 2 N–H and O–H groups in total. The van der Waals surface area contributed by atoms with E-state index in [0.717, 1.165) is 12.1 Å². The number of aryl methyl sites for hydroxylation is 2. The third-order valence-electron chi connectivity index (χ3n) is 2.97. The second kappa shape index (κ2) is 5.51. The molecule has 0 spiro atoms. The molecule has 1 aromatic heterocycles. The normalized spacial score (nSPS) is 14.6. The van der Waals surface area contributed by atoms with Crippen molar-refractivity contribution in [2.24, 2.45) is 0 Å². The maximum atomic E-state index is 11.0. The molecule has 6 heteroatoms. The Labute approximate surface area is 106 Å². The molecule has 96 valence electrons. The van der Waals surface area contributed by atoms with Crippen LogP contribution in [0.3, 0.4) is 0 Å². The van der Waals surface area contributed by atoms with Gasteiger partial charge in [0, 0.05) is 12.7 Å². The summed E-state index contributed by atoms with van der Waals surface area (Å²) in [4.78, 5) is 11.0. The van der Waals surface area contributed by atoms with Crippen LogP contribution in [0.1, 0.15) is 25.5 Å². The van der Waals surface area contributed by atoms with E-state index in [-0.39, 0.29) is 0 Å². The van der Waals surface area contributed by atoms with Crippen molar-refractivity contribution in [3.63, 3.8) is 0 Å². The third-order valence-corrected chi connectivity index (χ3v) is 3.35. The topological polar surface area (TPSA) is 67.2 Å². The number of hydrogen-bond donors (Lipinski definition) is 2. The lowest BCUT2D eigenvalue weighted by Gasteiger charge is -2.23. The monoisotopic (exact) mass is 259 g/mol. The quantitative estimate of drug-likeness (QED) is 0.816. The zero-order chi connectivity index (χ0) is 13.1. The fourth-order valence-electron chi connectivity index (χ4n) is 1.54. The molecule has 1 rings (SSSR count). The van der Waals surface area contributed by atoms with Gasteiger partial charge >= 0.3 is 5.97 Å². The largest absolute Gasteiger partial charge is 0.480 e. The Morgan fingerprint density at radius 2 is 2.35 bits per heavy atom. The highest BCUT2D eigenvalue weighted by atomic mass is 35.5. The lowest BCUT2D eigenvalue weighted by atomic mass is 9.96.